The van der Waals surface area contributed by atoms with Crippen LogP contribution in [-0.2, 0) is 20.7 Å². The standard InChI is InChI=1S/2C12H15NO/c2*1-9-5-6-11(7-10(9)2)12(3,4)13-8-14/h2*5-7H,1-4H3. The number of nitrogens with zero attached hydrogens (tertiary/aromatic N) is 2. The van der Waals surface area contributed by atoms with E-state index in [1.807, 2.05) is 52.0 Å². The van der Waals surface area contributed by atoms with Crippen LogP contribution in [0.4, 0.5) is 0 Å². The van der Waals surface area contributed by atoms with Crippen LogP contribution in [0.5, 0.6) is 0 Å². The van der Waals surface area contributed by atoms with E-state index in [1.165, 1.54) is 22.3 Å². The third kappa shape index (κ3) is 6.13. The quantitative estimate of drug-likeness (QED) is 0.502. The Kier molecular flexibility index (Phi) is 7.81. The number of rotatable bonds is 4. The predicted molar refractivity (Wildman–Crippen MR) is 114 cm³/mol. The SMILES string of the molecule is Cc1ccc(C(C)(C)N=C=O)cc1C.Cc1ccc(C(C)(C)N=C=O)cc1C. The molecule has 0 N–H and O–H groups in total. The fourth-order valence-corrected chi connectivity index (χ4v) is 2.60. The molecule has 0 spiro atoms. The largest absolute Gasteiger partial charge is 0.235 e. The Hall–Kier alpha value is -2.80. The molecule has 0 saturated heterocycles. The Morgan fingerprint density at radius 1 is 0.607 bits per heavy atom. The molecule has 4 nitrogen and oxygen atoms in total. The van der Waals surface area contributed by atoms with E-state index in [4.69, 9.17) is 0 Å². The third-order valence-electron chi connectivity index (χ3n) is 5.08. The highest BCUT2D eigenvalue weighted by Gasteiger charge is 2.20. The Morgan fingerprint density at radius 3 is 1.18 bits per heavy atom. The minimum Gasteiger partial charge on any atom is -0.211 e. The highest BCUT2D eigenvalue weighted by molar-refractivity contribution is 5.40. The van der Waals surface area contributed by atoms with Crippen LogP contribution in [0.1, 0.15) is 61.1 Å². The lowest BCUT2D eigenvalue weighted by atomic mass is 9.92. The number of aliphatic imine (C=N–C) groups is 2. The smallest absolute Gasteiger partial charge is 0.211 e. The summed E-state index contributed by atoms with van der Waals surface area (Å²) in [7, 11) is 0. The number of aryl methyl sites for hydroxylation is 4. The average molecular weight is 379 g/mol. The molecule has 0 atom stereocenters. The molecule has 2 aromatic carbocycles. The van der Waals surface area contributed by atoms with Crippen molar-refractivity contribution >= 4 is 12.2 Å². The van der Waals surface area contributed by atoms with Crippen molar-refractivity contribution in [3.63, 3.8) is 0 Å². The van der Waals surface area contributed by atoms with Crippen LogP contribution in [0, 0.1) is 27.7 Å². The number of hydrogen-bond donors (Lipinski definition) is 0. The molecule has 148 valence electrons. The highest BCUT2D eigenvalue weighted by Crippen LogP contribution is 2.26. The van der Waals surface area contributed by atoms with Crippen LogP contribution in [0.3, 0.4) is 0 Å². The summed E-state index contributed by atoms with van der Waals surface area (Å²) in [5.74, 6) is 0. The van der Waals surface area contributed by atoms with E-state index >= 15 is 0 Å². The summed E-state index contributed by atoms with van der Waals surface area (Å²) in [6, 6.07) is 12.2. The first-order chi connectivity index (χ1) is 12.9. The van der Waals surface area contributed by atoms with Crippen LogP contribution < -0.4 is 0 Å². The highest BCUT2D eigenvalue weighted by atomic mass is 16.1. The molecule has 0 bridgehead atoms. The van der Waals surface area contributed by atoms with Gasteiger partial charge in [0.25, 0.3) is 0 Å². The molecule has 0 aromatic heterocycles. The first-order valence-corrected chi connectivity index (χ1v) is 9.28. The maximum absolute atomic E-state index is 10.3. The van der Waals surface area contributed by atoms with Gasteiger partial charge in [-0.25, -0.2) is 9.59 Å². The van der Waals surface area contributed by atoms with Crippen molar-refractivity contribution in [1.29, 1.82) is 0 Å². The molecule has 0 amide bonds. The van der Waals surface area contributed by atoms with Crippen molar-refractivity contribution < 1.29 is 9.59 Å². The summed E-state index contributed by atoms with van der Waals surface area (Å²) in [5.41, 5.74) is 6.08. The Labute approximate surface area is 168 Å². The topological polar surface area (TPSA) is 58.9 Å². The van der Waals surface area contributed by atoms with Crippen LogP contribution in [-0.4, -0.2) is 12.2 Å². The Bertz CT molecular complexity index is 852. The molecule has 0 aliphatic heterocycles. The van der Waals surface area contributed by atoms with Crippen LogP contribution in [0.25, 0.3) is 0 Å². The number of isocyanates is 2. The van der Waals surface area contributed by atoms with Crippen LogP contribution >= 0.6 is 0 Å². The summed E-state index contributed by atoms with van der Waals surface area (Å²) in [6.07, 6.45) is 3.23. The van der Waals surface area contributed by atoms with Gasteiger partial charge in [-0.05, 0) is 88.8 Å². The van der Waals surface area contributed by atoms with Gasteiger partial charge in [0.2, 0.25) is 12.2 Å². The summed E-state index contributed by atoms with van der Waals surface area (Å²) in [5, 5.41) is 0. The summed E-state index contributed by atoms with van der Waals surface area (Å²) in [6.45, 7) is 15.9. The van der Waals surface area contributed by atoms with Gasteiger partial charge in [0.1, 0.15) is 0 Å². The van der Waals surface area contributed by atoms with E-state index in [2.05, 4.69) is 49.8 Å². The van der Waals surface area contributed by atoms with Gasteiger partial charge in [-0.15, -0.1) is 0 Å². The summed E-state index contributed by atoms with van der Waals surface area (Å²) >= 11 is 0. The Balaban J connectivity index is 0.000000280. The maximum atomic E-state index is 10.3. The van der Waals surface area contributed by atoms with Crippen molar-refractivity contribution in [3.05, 3.63) is 69.8 Å². The first-order valence-electron chi connectivity index (χ1n) is 9.28. The Morgan fingerprint density at radius 2 is 0.929 bits per heavy atom. The molecule has 28 heavy (non-hydrogen) atoms. The van der Waals surface area contributed by atoms with Gasteiger partial charge in [-0.1, -0.05) is 36.4 Å². The minimum atomic E-state index is -0.472. The monoisotopic (exact) mass is 378 g/mol. The van der Waals surface area contributed by atoms with Crippen LogP contribution in [0.2, 0.25) is 0 Å². The normalized spacial score (nSPS) is 10.9. The second-order valence-corrected chi connectivity index (χ2v) is 8.12. The lowest BCUT2D eigenvalue weighted by Crippen LogP contribution is -2.13. The molecule has 4 heteroatoms. The van der Waals surface area contributed by atoms with Gasteiger partial charge in [-0.2, -0.15) is 9.98 Å². The molecule has 0 unspecified atom stereocenters. The molecular formula is C24H30N2O2. The second-order valence-electron chi connectivity index (χ2n) is 8.12. The minimum absolute atomic E-state index is 0.472. The molecule has 0 saturated carbocycles. The van der Waals surface area contributed by atoms with Crippen molar-refractivity contribution in [1.82, 2.24) is 0 Å². The van der Waals surface area contributed by atoms with Crippen molar-refractivity contribution in [3.8, 4) is 0 Å². The zero-order chi connectivity index (χ0) is 21.5. The first kappa shape index (κ1) is 23.2. The van der Waals surface area contributed by atoms with Gasteiger partial charge >= 0.3 is 0 Å². The van der Waals surface area contributed by atoms with Gasteiger partial charge in [0, 0.05) is 0 Å². The number of hydrogen-bond acceptors (Lipinski definition) is 4. The van der Waals surface area contributed by atoms with E-state index in [0.29, 0.717) is 0 Å². The van der Waals surface area contributed by atoms with Gasteiger partial charge < -0.3 is 0 Å². The fourth-order valence-electron chi connectivity index (χ4n) is 2.60. The van der Waals surface area contributed by atoms with E-state index in [1.54, 1.807) is 12.2 Å². The molecule has 2 rings (SSSR count). The fraction of sp³-hybridized carbons (Fsp3) is 0.417. The molecule has 0 radical (unpaired) electrons. The van der Waals surface area contributed by atoms with E-state index < -0.39 is 11.1 Å². The van der Waals surface area contributed by atoms with E-state index in [9.17, 15) is 9.59 Å². The molecular weight excluding hydrogens is 348 g/mol. The third-order valence-corrected chi connectivity index (χ3v) is 5.08. The van der Waals surface area contributed by atoms with Gasteiger partial charge in [0.15, 0.2) is 0 Å². The maximum Gasteiger partial charge on any atom is 0.235 e. The summed E-state index contributed by atoms with van der Waals surface area (Å²) in [4.78, 5) is 28.1. The van der Waals surface area contributed by atoms with Gasteiger partial charge in [-0.3, -0.25) is 0 Å². The zero-order valence-corrected chi connectivity index (χ0v) is 18.2. The number of carbonyl (C=O) groups excluding carboxylic acids is 2. The van der Waals surface area contributed by atoms with Crippen LogP contribution in [0.15, 0.2) is 46.4 Å². The molecule has 0 heterocycles. The van der Waals surface area contributed by atoms with E-state index in [0.717, 1.165) is 11.1 Å². The number of benzene rings is 2. The zero-order valence-electron chi connectivity index (χ0n) is 18.2. The van der Waals surface area contributed by atoms with Gasteiger partial charge in [0.05, 0.1) is 11.1 Å². The average Bonchev–Trinajstić information content (AvgIpc) is 2.60. The molecule has 0 aliphatic carbocycles. The van der Waals surface area contributed by atoms with Crippen molar-refractivity contribution in [2.24, 2.45) is 9.98 Å². The lowest BCUT2D eigenvalue weighted by molar-refractivity contribution is 0.521. The lowest BCUT2D eigenvalue weighted by Gasteiger charge is -2.18. The van der Waals surface area contributed by atoms with Crippen molar-refractivity contribution in [2.45, 2.75) is 66.5 Å². The predicted octanol–water partition coefficient (Wildman–Crippen LogP) is 5.75. The molecule has 0 fully saturated rings. The van der Waals surface area contributed by atoms with E-state index in [-0.39, 0.29) is 0 Å². The molecule has 0 aliphatic rings. The van der Waals surface area contributed by atoms with Crippen molar-refractivity contribution in [2.75, 3.05) is 0 Å². The summed E-state index contributed by atoms with van der Waals surface area (Å²) < 4.78 is 0. The second kappa shape index (κ2) is 9.41. The molecule has 2 aromatic rings.